The molecule has 0 aliphatic heterocycles. The van der Waals surface area contributed by atoms with Gasteiger partial charge in [-0.15, -0.1) is 0 Å². The van der Waals surface area contributed by atoms with Crippen molar-refractivity contribution >= 4 is 37.7 Å². The molecule has 3 rings (SSSR count). The Labute approximate surface area is 103 Å². The van der Waals surface area contributed by atoms with E-state index in [9.17, 15) is 9.18 Å². The van der Waals surface area contributed by atoms with Crippen LogP contribution in [0.5, 0.6) is 0 Å². The second-order valence-electron chi connectivity index (χ2n) is 3.80. The molecule has 0 saturated carbocycles. The van der Waals surface area contributed by atoms with E-state index in [1.54, 1.807) is 30.1 Å². The molecule has 0 saturated heterocycles. The molecule has 2 heterocycles. The summed E-state index contributed by atoms with van der Waals surface area (Å²) in [5.74, 6) is -0.479. The second-order valence-corrected chi connectivity index (χ2v) is 4.66. The van der Waals surface area contributed by atoms with Gasteiger partial charge in [-0.1, -0.05) is 0 Å². The first-order valence-electron chi connectivity index (χ1n) is 4.91. The highest BCUT2D eigenvalue weighted by Crippen LogP contribution is 2.26. The standard InChI is InChI=1S/C11H7BrFN3O/c1-16-4-6-9(15-16)5-2-3-7(12)8(13)10(5)14-11(6)17/h2-4H,1H3,(H,14,17). The Morgan fingerprint density at radius 3 is 2.94 bits per heavy atom. The third-order valence-corrected chi connectivity index (χ3v) is 3.27. The highest BCUT2D eigenvalue weighted by Gasteiger charge is 2.13. The molecule has 17 heavy (non-hydrogen) atoms. The quantitative estimate of drug-likeness (QED) is 0.692. The lowest BCUT2D eigenvalue weighted by Gasteiger charge is -2.01. The van der Waals surface area contributed by atoms with Crippen molar-refractivity contribution in [2.45, 2.75) is 0 Å². The number of pyridine rings is 1. The van der Waals surface area contributed by atoms with Gasteiger partial charge in [0.25, 0.3) is 5.56 Å². The number of halogens is 2. The van der Waals surface area contributed by atoms with Gasteiger partial charge in [0.15, 0.2) is 5.82 Å². The molecule has 1 N–H and O–H groups in total. The molecule has 0 radical (unpaired) electrons. The predicted molar refractivity (Wildman–Crippen MR) is 66.5 cm³/mol. The topological polar surface area (TPSA) is 50.7 Å². The number of H-pyrrole nitrogens is 1. The number of aryl methyl sites for hydroxylation is 1. The maximum absolute atomic E-state index is 13.9. The van der Waals surface area contributed by atoms with E-state index in [0.29, 0.717) is 20.8 Å². The van der Waals surface area contributed by atoms with E-state index in [1.807, 2.05) is 0 Å². The number of nitrogens with zero attached hydrogens (tertiary/aromatic N) is 2. The molecule has 0 aliphatic rings. The average molecular weight is 296 g/mol. The number of fused-ring (bicyclic) bond motifs is 3. The first kappa shape index (κ1) is 10.5. The zero-order chi connectivity index (χ0) is 12.2. The Bertz CT molecular complexity index is 806. The molecular weight excluding hydrogens is 289 g/mol. The summed E-state index contributed by atoms with van der Waals surface area (Å²) in [7, 11) is 1.72. The number of hydrogen-bond donors (Lipinski definition) is 1. The fraction of sp³-hybridized carbons (Fsp3) is 0.0909. The van der Waals surface area contributed by atoms with Gasteiger partial charge in [-0.05, 0) is 28.1 Å². The lowest BCUT2D eigenvalue weighted by Crippen LogP contribution is -2.06. The highest BCUT2D eigenvalue weighted by molar-refractivity contribution is 9.10. The number of benzene rings is 1. The fourth-order valence-corrected chi connectivity index (χ4v) is 2.24. The normalized spacial score (nSPS) is 11.5. The van der Waals surface area contributed by atoms with Gasteiger partial charge in [0.1, 0.15) is 5.52 Å². The smallest absolute Gasteiger partial charge is 0.259 e. The van der Waals surface area contributed by atoms with Crippen LogP contribution in [-0.2, 0) is 7.05 Å². The third kappa shape index (κ3) is 1.40. The molecule has 0 spiro atoms. The first-order chi connectivity index (χ1) is 8.08. The fourth-order valence-electron chi connectivity index (χ4n) is 1.90. The van der Waals surface area contributed by atoms with E-state index >= 15 is 0 Å². The van der Waals surface area contributed by atoms with Crippen molar-refractivity contribution in [3.05, 3.63) is 39.0 Å². The van der Waals surface area contributed by atoms with Gasteiger partial charge in [0, 0.05) is 18.6 Å². The van der Waals surface area contributed by atoms with Crippen LogP contribution >= 0.6 is 15.9 Å². The van der Waals surface area contributed by atoms with Gasteiger partial charge in [0.2, 0.25) is 0 Å². The van der Waals surface area contributed by atoms with Crippen molar-refractivity contribution in [1.29, 1.82) is 0 Å². The Hall–Kier alpha value is -1.69. The van der Waals surface area contributed by atoms with E-state index in [-0.39, 0.29) is 11.1 Å². The minimum absolute atomic E-state index is 0.176. The van der Waals surface area contributed by atoms with E-state index in [4.69, 9.17) is 0 Å². The van der Waals surface area contributed by atoms with E-state index in [2.05, 4.69) is 26.0 Å². The third-order valence-electron chi connectivity index (χ3n) is 2.66. The van der Waals surface area contributed by atoms with Crippen LogP contribution in [0.3, 0.4) is 0 Å². The van der Waals surface area contributed by atoms with Crippen molar-refractivity contribution in [1.82, 2.24) is 14.8 Å². The zero-order valence-electron chi connectivity index (χ0n) is 8.79. The van der Waals surface area contributed by atoms with E-state index in [1.165, 1.54) is 0 Å². The first-order valence-corrected chi connectivity index (χ1v) is 5.70. The van der Waals surface area contributed by atoms with Gasteiger partial charge in [0.05, 0.1) is 15.4 Å². The van der Waals surface area contributed by atoms with Crippen LogP contribution in [0, 0.1) is 5.82 Å². The van der Waals surface area contributed by atoms with Crippen LogP contribution in [-0.4, -0.2) is 14.8 Å². The van der Waals surface area contributed by atoms with Crippen LogP contribution in [0.2, 0.25) is 0 Å². The van der Waals surface area contributed by atoms with E-state index < -0.39 is 5.82 Å². The SMILES string of the molecule is Cn1cc2c(=O)[nH]c3c(F)c(Br)ccc3c2n1. The number of nitrogens with one attached hydrogen (secondary N) is 1. The Morgan fingerprint density at radius 2 is 2.18 bits per heavy atom. The molecule has 0 amide bonds. The summed E-state index contributed by atoms with van der Waals surface area (Å²) in [6, 6.07) is 3.33. The Morgan fingerprint density at radius 1 is 1.41 bits per heavy atom. The molecule has 6 heteroatoms. The van der Waals surface area contributed by atoms with Gasteiger partial charge < -0.3 is 4.98 Å². The van der Waals surface area contributed by atoms with Crippen LogP contribution < -0.4 is 5.56 Å². The van der Waals surface area contributed by atoms with Crippen LogP contribution in [0.25, 0.3) is 21.8 Å². The van der Waals surface area contributed by atoms with Crippen molar-refractivity contribution in [3.63, 3.8) is 0 Å². The predicted octanol–water partition coefficient (Wildman–Crippen LogP) is 2.32. The average Bonchev–Trinajstić information content (AvgIpc) is 2.67. The number of hydrogen-bond acceptors (Lipinski definition) is 2. The second kappa shape index (κ2) is 3.40. The molecule has 86 valence electrons. The maximum atomic E-state index is 13.9. The molecule has 0 atom stereocenters. The van der Waals surface area contributed by atoms with Crippen molar-refractivity contribution < 1.29 is 4.39 Å². The summed E-state index contributed by atoms with van der Waals surface area (Å²) >= 11 is 3.09. The van der Waals surface area contributed by atoms with Crippen LogP contribution in [0.4, 0.5) is 4.39 Å². The summed E-state index contributed by atoms with van der Waals surface area (Å²) < 4.78 is 15.7. The largest absolute Gasteiger partial charge is 0.319 e. The summed E-state index contributed by atoms with van der Waals surface area (Å²) in [6.45, 7) is 0. The number of aromatic amines is 1. The lowest BCUT2D eigenvalue weighted by molar-refractivity contribution is 0.630. The summed E-state index contributed by atoms with van der Waals surface area (Å²) in [4.78, 5) is 14.3. The number of rotatable bonds is 0. The number of aromatic nitrogens is 3. The van der Waals surface area contributed by atoms with Crippen molar-refractivity contribution in [2.75, 3.05) is 0 Å². The summed E-state index contributed by atoms with van der Waals surface area (Å²) in [5, 5.41) is 5.25. The molecule has 0 aliphatic carbocycles. The molecule has 0 fully saturated rings. The monoisotopic (exact) mass is 295 g/mol. The van der Waals surface area contributed by atoms with Gasteiger partial charge >= 0.3 is 0 Å². The van der Waals surface area contributed by atoms with Gasteiger partial charge in [-0.25, -0.2) is 4.39 Å². The highest BCUT2D eigenvalue weighted by atomic mass is 79.9. The lowest BCUT2D eigenvalue weighted by atomic mass is 10.1. The van der Waals surface area contributed by atoms with Gasteiger partial charge in [-0.2, -0.15) is 5.10 Å². The van der Waals surface area contributed by atoms with E-state index in [0.717, 1.165) is 0 Å². The van der Waals surface area contributed by atoms with Crippen molar-refractivity contribution in [3.8, 4) is 0 Å². The van der Waals surface area contributed by atoms with Crippen molar-refractivity contribution in [2.24, 2.45) is 7.05 Å². The minimum Gasteiger partial charge on any atom is -0.319 e. The summed E-state index contributed by atoms with van der Waals surface area (Å²) in [5.41, 5.74) is 0.353. The Kier molecular flexibility index (Phi) is 2.09. The molecule has 0 bridgehead atoms. The maximum Gasteiger partial charge on any atom is 0.259 e. The molecule has 2 aromatic heterocycles. The Balaban J connectivity index is 2.66. The molecule has 4 nitrogen and oxygen atoms in total. The molecule has 1 aromatic carbocycles. The molecular formula is C11H7BrFN3O. The zero-order valence-corrected chi connectivity index (χ0v) is 10.4. The van der Waals surface area contributed by atoms with Crippen LogP contribution in [0.15, 0.2) is 27.6 Å². The molecule has 3 aromatic rings. The van der Waals surface area contributed by atoms with Crippen LogP contribution in [0.1, 0.15) is 0 Å². The minimum atomic E-state index is -0.479. The van der Waals surface area contributed by atoms with Gasteiger partial charge in [-0.3, -0.25) is 9.48 Å². The molecule has 0 unspecified atom stereocenters. The summed E-state index contributed by atoms with van der Waals surface area (Å²) in [6.07, 6.45) is 1.62.